The van der Waals surface area contributed by atoms with Gasteiger partial charge in [-0.3, -0.25) is 0 Å². The Bertz CT molecular complexity index is 2250. The van der Waals surface area contributed by atoms with Gasteiger partial charge in [0.2, 0.25) is 0 Å². The molecule has 9 rings (SSSR count). The number of unbranched alkanes of at least 4 members (excludes halogenated alkanes) is 2. The van der Waals surface area contributed by atoms with Gasteiger partial charge in [0.15, 0.2) is 25.2 Å². The largest absolute Gasteiger partial charge is 0.445 e. The van der Waals surface area contributed by atoms with E-state index in [1.165, 1.54) is 0 Å². The minimum Gasteiger partial charge on any atom is -0.445 e. The fourth-order valence-corrected chi connectivity index (χ4v) is 11.7. The van der Waals surface area contributed by atoms with E-state index in [2.05, 4.69) is 24.5 Å². The van der Waals surface area contributed by atoms with Crippen LogP contribution < -0.4 is 16.4 Å². The molecule has 3 aromatic rings. The van der Waals surface area contributed by atoms with Crippen molar-refractivity contribution in [2.75, 3.05) is 13.2 Å². The Kier molecular flexibility index (Phi) is 20.6. The molecule has 0 radical (unpaired) electrons. The summed E-state index contributed by atoms with van der Waals surface area (Å²) in [6, 6.07) is 26.1. The van der Waals surface area contributed by atoms with Crippen molar-refractivity contribution >= 4 is 12.2 Å². The Morgan fingerprint density at radius 2 is 1.30 bits per heavy atom. The second kappa shape index (κ2) is 27.7. The number of amides is 2. The first-order valence-corrected chi connectivity index (χ1v) is 28.0. The summed E-state index contributed by atoms with van der Waals surface area (Å²) < 4.78 is 71.2. The van der Waals surface area contributed by atoms with Crippen LogP contribution in [0.2, 0.25) is 0 Å². The number of aliphatic hydroxyl groups excluding tert-OH is 3. The number of hydrogen-bond acceptors (Lipinski definition) is 17. The molecule has 19 nitrogen and oxygen atoms in total. The van der Waals surface area contributed by atoms with Crippen molar-refractivity contribution in [3.63, 3.8) is 0 Å². The summed E-state index contributed by atoms with van der Waals surface area (Å²) in [5, 5.41) is 41.1. The van der Waals surface area contributed by atoms with Crippen molar-refractivity contribution in [2.24, 2.45) is 17.6 Å². The topological polar surface area (TPSA) is 246 Å². The molecular weight excluding hydrogens is 995 g/mol. The summed E-state index contributed by atoms with van der Waals surface area (Å²) in [6.07, 6.45) is -7.72. The standard InChI is InChI=1S/C58H81N3O16/c1-4-5-9-24-41-34(2)30-40(60-57(65)68-32-36-18-10-6-11-19-36)54(71-41)75-49-35(3)29-39(59)47(63)53(49)77-56-48(64)50(44(31-62)73-56)76-55-46(61-58(66)69-33-37-20-12-7-13-21-37)52(74-45-25-16-17-28-67-45)51-43(72-55)27-26-42(70-51)38-22-14-8-15-23-38/h6-8,10-15,18-23,34-35,39-56,62-64H,4-5,9,16-17,24-33,59H2,1-3H3,(H,60,65)(H,61,66)/t34-,35-,39+,40+,41+,42?,43-,44+,45?,46+,47-,48+,49+,50+,51+,52+,53+,54+,55+,56-/m0/s1. The molecule has 19 heteroatoms. The minimum atomic E-state index is -1.59. The average molecular weight is 1080 g/mol. The number of nitrogens with one attached hydrogen (secondary N) is 2. The van der Waals surface area contributed by atoms with Crippen LogP contribution in [-0.2, 0) is 65.3 Å². The highest BCUT2D eigenvalue weighted by Crippen LogP contribution is 2.42. The zero-order chi connectivity index (χ0) is 53.8. The minimum absolute atomic E-state index is 0.0214. The van der Waals surface area contributed by atoms with Gasteiger partial charge in [-0.1, -0.05) is 131 Å². The van der Waals surface area contributed by atoms with Crippen LogP contribution in [0, 0.1) is 11.8 Å². The number of benzene rings is 3. The first kappa shape index (κ1) is 57.4. The van der Waals surface area contributed by atoms with Gasteiger partial charge in [-0.15, -0.1) is 0 Å². The predicted molar refractivity (Wildman–Crippen MR) is 278 cm³/mol. The van der Waals surface area contributed by atoms with Gasteiger partial charge in [-0.2, -0.15) is 0 Å². The molecule has 1 saturated carbocycles. The SMILES string of the molecule is CCCCC[C@H]1O[C@H](O[C@H]2[C@H](O[C@@H]3O[C@H](CO)[C@@H](O[C@H]4O[C@H]5CCC(c6ccccc6)O[C@H]5[C@H](OC5CCCCO5)[C@H]4NC(=O)OCc4ccccc4)[C@H]3O)[C@@H](O)[C@H](N)C[C@@H]2C)[C@H](NC(=O)OCc2ccccc2)C[C@@H]1C. The van der Waals surface area contributed by atoms with Gasteiger partial charge in [-0.25, -0.2) is 9.59 Å². The highest BCUT2D eigenvalue weighted by molar-refractivity contribution is 5.68. The molecule has 424 valence electrons. The van der Waals surface area contributed by atoms with Crippen LogP contribution in [0.5, 0.6) is 0 Å². The number of aliphatic hydroxyl groups is 3. The first-order chi connectivity index (χ1) is 37.5. The second-order valence-electron chi connectivity index (χ2n) is 21.7. The van der Waals surface area contributed by atoms with Gasteiger partial charge in [0.05, 0.1) is 43.2 Å². The predicted octanol–water partition coefficient (Wildman–Crippen LogP) is 6.43. The molecule has 5 saturated heterocycles. The molecule has 5 heterocycles. The van der Waals surface area contributed by atoms with Crippen LogP contribution >= 0.6 is 0 Å². The molecule has 7 N–H and O–H groups in total. The van der Waals surface area contributed by atoms with Gasteiger partial charge in [0, 0.05) is 12.6 Å². The third kappa shape index (κ3) is 14.7. The molecule has 0 spiro atoms. The maximum atomic E-state index is 13.9. The van der Waals surface area contributed by atoms with E-state index >= 15 is 0 Å². The van der Waals surface area contributed by atoms with Crippen molar-refractivity contribution < 1.29 is 77.0 Å². The van der Waals surface area contributed by atoms with E-state index < -0.39 is 117 Å². The Hall–Kier alpha value is -4.32. The maximum Gasteiger partial charge on any atom is 0.407 e. The van der Waals surface area contributed by atoms with Crippen LogP contribution in [0.3, 0.4) is 0 Å². The monoisotopic (exact) mass is 1080 g/mol. The van der Waals surface area contributed by atoms with E-state index in [9.17, 15) is 24.9 Å². The van der Waals surface area contributed by atoms with Gasteiger partial charge < -0.3 is 83.8 Å². The van der Waals surface area contributed by atoms with Crippen molar-refractivity contribution in [3.05, 3.63) is 108 Å². The Morgan fingerprint density at radius 1 is 0.649 bits per heavy atom. The molecule has 0 aromatic heterocycles. The molecule has 0 bridgehead atoms. The summed E-state index contributed by atoms with van der Waals surface area (Å²) in [7, 11) is 0. The van der Waals surface area contributed by atoms with Crippen molar-refractivity contribution in [1.29, 1.82) is 0 Å². The van der Waals surface area contributed by atoms with E-state index in [1.54, 1.807) is 0 Å². The Balaban J connectivity index is 0.947. The number of ether oxygens (including phenoxy) is 11. The zero-order valence-corrected chi connectivity index (χ0v) is 44.5. The number of alkyl carbamates (subject to hydrolysis) is 2. The molecule has 2 amide bonds. The van der Waals surface area contributed by atoms with Crippen molar-refractivity contribution in [1.82, 2.24) is 10.6 Å². The Labute approximate surface area is 452 Å². The van der Waals surface area contributed by atoms with Crippen LogP contribution in [-0.4, -0.2) is 145 Å². The lowest BCUT2D eigenvalue weighted by atomic mass is 9.80. The van der Waals surface area contributed by atoms with Gasteiger partial charge in [-0.05, 0) is 79.9 Å². The smallest absolute Gasteiger partial charge is 0.407 e. The number of nitrogens with two attached hydrogens (primary N) is 1. The number of carbonyl (C=O) groups excluding carboxylic acids is 2. The molecule has 20 atom stereocenters. The highest BCUT2D eigenvalue weighted by Gasteiger charge is 2.57. The number of hydrogen-bond donors (Lipinski definition) is 6. The van der Waals surface area contributed by atoms with Crippen LogP contribution in [0.4, 0.5) is 9.59 Å². The lowest BCUT2D eigenvalue weighted by molar-refractivity contribution is -0.333. The maximum absolute atomic E-state index is 13.9. The summed E-state index contributed by atoms with van der Waals surface area (Å²) in [5.41, 5.74) is 9.18. The molecule has 2 unspecified atom stereocenters. The summed E-state index contributed by atoms with van der Waals surface area (Å²) in [4.78, 5) is 27.3. The van der Waals surface area contributed by atoms with Crippen LogP contribution in [0.15, 0.2) is 91.0 Å². The molecule has 6 fully saturated rings. The Morgan fingerprint density at radius 3 is 1.96 bits per heavy atom. The molecule has 77 heavy (non-hydrogen) atoms. The van der Waals surface area contributed by atoms with E-state index in [0.717, 1.165) is 55.2 Å². The quantitative estimate of drug-likeness (QED) is 0.0668. The fraction of sp³-hybridized carbons (Fsp3) is 0.655. The van der Waals surface area contributed by atoms with Crippen LogP contribution in [0.1, 0.15) is 114 Å². The highest BCUT2D eigenvalue weighted by atomic mass is 16.8. The number of fused-ring (bicyclic) bond motifs is 1. The van der Waals surface area contributed by atoms with Crippen molar-refractivity contribution in [2.45, 2.75) is 215 Å². The zero-order valence-electron chi connectivity index (χ0n) is 44.5. The molecule has 5 aliphatic heterocycles. The lowest BCUT2D eigenvalue weighted by Gasteiger charge is -2.50. The lowest BCUT2D eigenvalue weighted by Crippen LogP contribution is -2.68. The van der Waals surface area contributed by atoms with Gasteiger partial charge in [0.25, 0.3) is 0 Å². The normalized spacial score (nSPS) is 37.3. The number of rotatable bonds is 20. The first-order valence-electron chi connectivity index (χ1n) is 28.0. The van der Waals surface area contributed by atoms with Gasteiger partial charge in [0.1, 0.15) is 55.9 Å². The fourth-order valence-electron chi connectivity index (χ4n) is 11.7. The van der Waals surface area contributed by atoms with Crippen LogP contribution in [0.25, 0.3) is 0 Å². The molecular formula is C58H81N3O16. The second-order valence-corrected chi connectivity index (χ2v) is 21.7. The van der Waals surface area contributed by atoms with E-state index in [0.29, 0.717) is 38.7 Å². The molecule has 3 aromatic carbocycles. The van der Waals surface area contributed by atoms with Crippen molar-refractivity contribution in [3.8, 4) is 0 Å². The third-order valence-corrected chi connectivity index (χ3v) is 16.0. The number of carbonyl (C=O) groups is 2. The molecule has 6 aliphatic rings. The van der Waals surface area contributed by atoms with Gasteiger partial charge >= 0.3 is 12.2 Å². The summed E-state index contributed by atoms with van der Waals surface area (Å²) in [6.45, 7) is 6.11. The summed E-state index contributed by atoms with van der Waals surface area (Å²) in [5.74, 6) is -0.241. The van der Waals surface area contributed by atoms with E-state index in [4.69, 9.17) is 57.8 Å². The third-order valence-electron chi connectivity index (χ3n) is 16.0. The van der Waals surface area contributed by atoms with E-state index in [-0.39, 0.29) is 37.3 Å². The average Bonchev–Trinajstić information content (AvgIpc) is 3.78. The molecule has 1 aliphatic carbocycles. The van der Waals surface area contributed by atoms with E-state index in [1.807, 2.05) is 97.9 Å². The summed E-state index contributed by atoms with van der Waals surface area (Å²) >= 11 is 0.